The summed E-state index contributed by atoms with van der Waals surface area (Å²) in [5, 5.41) is 1.96. The molecule has 6 nitrogen and oxygen atoms in total. The van der Waals surface area contributed by atoms with E-state index in [2.05, 4.69) is 9.97 Å². The van der Waals surface area contributed by atoms with Gasteiger partial charge in [0.25, 0.3) is 5.56 Å². The minimum atomic E-state index is -0.381. The smallest absolute Gasteiger partial charge is 0.251 e. The number of H-pyrrole nitrogens is 1. The second-order valence-electron chi connectivity index (χ2n) is 5.23. The van der Waals surface area contributed by atoms with Gasteiger partial charge in [-0.3, -0.25) is 9.59 Å². The molecule has 7 heteroatoms. The van der Waals surface area contributed by atoms with Gasteiger partial charge in [0.05, 0.1) is 19.6 Å². The number of thiophene rings is 1. The molecule has 1 aliphatic rings. The van der Waals surface area contributed by atoms with E-state index in [1.54, 1.807) is 23.2 Å². The number of nitrogens with zero attached hydrogens (tertiary/aromatic N) is 2. The highest BCUT2D eigenvalue weighted by Gasteiger charge is 2.27. The quantitative estimate of drug-likeness (QED) is 0.925. The first-order valence-electron chi connectivity index (χ1n) is 7.11. The first-order chi connectivity index (χ1) is 10.6. The van der Waals surface area contributed by atoms with Gasteiger partial charge in [0.2, 0.25) is 5.91 Å². The van der Waals surface area contributed by atoms with Gasteiger partial charge >= 0.3 is 0 Å². The molecule has 1 aliphatic heterocycles. The van der Waals surface area contributed by atoms with Crippen molar-refractivity contribution in [1.29, 1.82) is 0 Å². The molecule has 0 saturated carbocycles. The molecule has 0 bridgehead atoms. The average Bonchev–Trinajstić information content (AvgIpc) is 2.99. The maximum absolute atomic E-state index is 12.4. The zero-order valence-corrected chi connectivity index (χ0v) is 13.1. The number of hydrogen-bond donors (Lipinski definition) is 1. The molecule has 0 aliphatic carbocycles. The van der Waals surface area contributed by atoms with Crippen LogP contribution in [-0.2, 0) is 16.0 Å². The summed E-state index contributed by atoms with van der Waals surface area (Å²) >= 11 is 1.58. The van der Waals surface area contributed by atoms with Crippen LogP contribution in [0.25, 0.3) is 0 Å². The van der Waals surface area contributed by atoms with E-state index >= 15 is 0 Å². The summed E-state index contributed by atoms with van der Waals surface area (Å²) in [5.41, 5.74) is 0.442. The van der Waals surface area contributed by atoms with Crippen LogP contribution in [0.1, 0.15) is 22.5 Å². The molecule has 2 aromatic heterocycles. The molecule has 1 amide bonds. The number of amides is 1. The predicted molar refractivity (Wildman–Crippen MR) is 82.9 cm³/mol. The number of nitrogens with one attached hydrogen (secondary N) is 1. The van der Waals surface area contributed by atoms with Gasteiger partial charge in [0.15, 0.2) is 0 Å². The van der Waals surface area contributed by atoms with Crippen LogP contribution < -0.4 is 5.56 Å². The monoisotopic (exact) mass is 319 g/mol. The number of morpholine rings is 1. The number of ether oxygens (including phenoxy) is 1. The third kappa shape index (κ3) is 3.42. The number of carbonyl (C=O) groups excluding carboxylic acids is 1. The van der Waals surface area contributed by atoms with Crippen molar-refractivity contribution in [3.05, 3.63) is 50.3 Å². The van der Waals surface area contributed by atoms with Crippen molar-refractivity contribution in [3.63, 3.8) is 0 Å². The van der Waals surface area contributed by atoms with E-state index in [9.17, 15) is 9.59 Å². The van der Waals surface area contributed by atoms with Crippen molar-refractivity contribution in [1.82, 2.24) is 14.9 Å². The van der Waals surface area contributed by atoms with Crippen molar-refractivity contribution in [2.75, 3.05) is 19.7 Å². The molecule has 0 radical (unpaired) electrons. The van der Waals surface area contributed by atoms with Crippen LogP contribution in [0.2, 0.25) is 0 Å². The highest BCUT2D eigenvalue weighted by Crippen LogP contribution is 2.20. The molecule has 1 fully saturated rings. The lowest BCUT2D eigenvalue weighted by Crippen LogP contribution is -2.43. The lowest BCUT2D eigenvalue weighted by atomic mass is 10.2. The molecule has 0 aromatic carbocycles. The number of aryl methyl sites for hydroxylation is 1. The van der Waals surface area contributed by atoms with E-state index in [1.807, 2.05) is 17.5 Å². The van der Waals surface area contributed by atoms with Crippen LogP contribution in [0.4, 0.5) is 0 Å². The Labute approximate surface area is 131 Å². The topological polar surface area (TPSA) is 75.3 Å². The second-order valence-corrected chi connectivity index (χ2v) is 6.26. The lowest BCUT2D eigenvalue weighted by molar-refractivity contribution is -0.138. The number of aromatic nitrogens is 2. The molecule has 1 atom stereocenters. The van der Waals surface area contributed by atoms with Crippen LogP contribution in [0.3, 0.4) is 0 Å². The van der Waals surface area contributed by atoms with Crippen LogP contribution >= 0.6 is 11.3 Å². The molecule has 22 heavy (non-hydrogen) atoms. The van der Waals surface area contributed by atoms with E-state index < -0.39 is 0 Å². The van der Waals surface area contributed by atoms with Crippen molar-refractivity contribution in [3.8, 4) is 0 Å². The average molecular weight is 319 g/mol. The standard InChI is InChI=1S/C15H17N3O3S/c1-10-7-13(19)17-15(16-10)12-9-18(4-5-21-12)14(20)8-11-3-2-6-22-11/h2-3,6-7,12H,4-5,8-9H2,1H3,(H,16,17,19). The van der Waals surface area contributed by atoms with Crippen LogP contribution in [0.15, 0.2) is 28.4 Å². The van der Waals surface area contributed by atoms with E-state index in [4.69, 9.17) is 4.74 Å². The Bertz CT molecular complexity index is 711. The van der Waals surface area contributed by atoms with Gasteiger partial charge in [-0.25, -0.2) is 4.98 Å². The second kappa shape index (κ2) is 6.41. The Hall–Kier alpha value is -1.99. The zero-order chi connectivity index (χ0) is 15.5. The molecule has 116 valence electrons. The molecule has 3 rings (SSSR count). The summed E-state index contributed by atoms with van der Waals surface area (Å²) in [5.74, 6) is 0.560. The first-order valence-corrected chi connectivity index (χ1v) is 7.99. The number of hydrogen-bond acceptors (Lipinski definition) is 5. The fraction of sp³-hybridized carbons (Fsp3) is 0.400. The molecule has 0 spiro atoms. The number of aromatic amines is 1. The summed E-state index contributed by atoms with van der Waals surface area (Å²) in [4.78, 5) is 33.7. The minimum absolute atomic E-state index is 0.0748. The Morgan fingerprint density at radius 3 is 3.18 bits per heavy atom. The number of carbonyl (C=O) groups is 1. The van der Waals surface area contributed by atoms with Gasteiger partial charge in [0, 0.05) is 23.2 Å². The highest BCUT2D eigenvalue weighted by molar-refractivity contribution is 7.10. The molecule has 1 saturated heterocycles. The molecule has 1 unspecified atom stereocenters. The summed E-state index contributed by atoms with van der Waals surface area (Å²) in [6, 6.07) is 5.34. The van der Waals surface area contributed by atoms with Gasteiger partial charge in [-0.1, -0.05) is 6.07 Å². The first kappa shape index (κ1) is 14.9. The molecular weight excluding hydrogens is 302 g/mol. The lowest BCUT2D eigenvalue weighted by Gasteiger charge is -2.32. The zero-order valence-electron chi connectivity index (χ0n) is 12.2. The summed E-state index contributed by atoms with van der Waals surface area (Å²) in [6.45, 7) is 3.19. The fourth-order valence-electron chi connectivity index (χ4n) is 2.47. The van der Waals surface area contributed by atoms with Gasteiger partial charge in [-0.05, 0) is 18.4 Å². The summed E-state index contributed by atoms with van der Waals surface area (Å²) < 4.78 is 5.67. The van der Waals surface area contributed by atoms with Gasteiger partial charge in [0.1, 0.15) is 11.9 Å². The number of rotatable bonds is 3. The molecule has 2 aromatic rings. The van der Waals surface area contributed by atoms with Gasteiger partial charge < -0.3 is 14.6 Å². The summed E-state index contributed by atoms with van der Waals surface area (Å²) in [7, 11) is 0. The Balaban J connectivity index is 1.71. The maximum Gasteiger partial charge on any atom is 0.251 e. The van der Waals surface area contributed by atoms with E-state index in [0.717, 1.165) is 4.88 Å². The predicted octanol–water partition coefficient (Wildman–Crippen LogP) is 1.28. The Morgan fingerprint density at radius 1 is 1.59 bits per heavy atom. The van der Waals surface area contributed by atoms with Crippen molar-refractivity contribution >= 4 is 17.2 Å². The van der Waals surface area contributed by atoms with Crippen molar-refractivity contribution in [2.24, 2.45) is 0 Å². The third-order valence-electron chi connectivity index (χ3n) is 3.52. The molecule has 3 heterocycles. The SMILES string of the molecule is Cc1cc(=O)[nH]c(C2CN(C(=O)Cc3cccs3)CCO2)n1. The van der Waals surface area contributed by atoms with Crippen LogP contribution in [0, 0.1) is 6.92 Å². The normalized spacial score (nSPS) is 18.4. The Kier molecular flexibility index (Phi) is 4.35. The van der Waals surface area contributed by atoms with Crippen LogP contribution in [0.5, 0.6) is 0 Å². The van der Waals surface area contributed by atoms with Crippen LogP contribution in [-0.4, -0.2) is 40.5 Å². The third-order valence-corrected chi connectivity index (χ3v) is 4.39. The molecule has 1 N–H and O–H groups in total. The highest BCUT2D eigenvalue weighted by atomic mass is 32.1. The minimum Gasteiger partial charge on any atom is -0.367 e. The largest absolute Gasteiger partial charge is 0.367 e. The van der Waals surface area contributed by atoms with E-state index in [-0.39, 0.29) is 17.6 Å². The van der Waals surface area contributed by atoms with Crippen molar-refractivity contribution in [2.45, 2.75) is 19.4 Å². The summed E-state index contributed by atoms with van der Waals surface area (Å²) in [6.07, 6.45) is 0.0240. The van der Waals surface area contributed by atoms with E-state index in [0.29, 0.717) is 37.6 Å². The Morgan fingerprint density at radius 2 is 2.45 bits per heavy atom. The van der Waals surface area contributed by atoms with E-state index in [1.165, 1.54) is 6.07 Å². The van der Waals surface area contributed by atoms with Gasteiger partial charge in [-0.2, -0.15) is 0 Å². The van der Waals surface area contributed by atoms with Gasteiger partial charge in [-0.15, -0.1) is 11.3 Å². The van der Waals surface area contributed by atoms with Crippen molar-refractivity contribution < 1.29 is 9.53 Å². The molecular formula is C15H17N3O3S. The maximum atomic E-state index is 12.4. The fourth-order valence-corrected chi connectivity index (χ4v) is 3.17.